The fraction of sp³-hybridized carbons (Fsp3) is 0.0909. The Hall–Kier alpha value is -5.40. The highest BCUT2D eigenvalue weighted by Gasteiger charge is 2.36. The number of nitrogens with zero attached hydrogens (tertiary/aromatic N) is 1. The zero-order valence-electron chi connectivity index (χ0n) is 26.0. The smallest absolute Gasteiger partial charge is 0.0487 e. The Morgan fingerprint density at radius 2 is 0.911 bits per heavy atom. The van der Waals surface area contributed by atoms with Crippen molar-refractivity contribution in [3.63, 3.8) is 0 Å². The third kappa shape index (κ3) is 4.64. The largest absolute Gasteiger partial charge is 0.344 e. The molecule has 0 saturated heterocycles. The fourth-order valence-corrected chi connectivity index (χ4v) is 7.09. The topological polar surface area (TPSA) is 3.24 Å². The van der Waals surface area contributed by atoms with Crippen molar-refractivity contribution in [2.45, 2.75) is 19.3 Å². The second-order valence-electron chi connectivity index (χ2n) is 12.7. The fourth-order valence-electron chi connectivity index (χ4n) is 7.09. The SMILES string of the molecule is CN(c1ccc2c(c1)C(C)(C)c1cc(-c3ccc(-c4ccc(-c5ccccc5)cc4)cc3)ccc1-2)c1cccc2ccccc12. The Balaban J connectivity index is 1.08. The van der Waals surface area contributed by atoms with Gasteiger partial charge in [0.2, 0.25) is 0 Å². The third-order valence-corrected chi connectivity index (χ3v) is 9.72. The summed E-state index contributed by atoms with van der Waals surface area (Å²) in [4.78, 5) is 2.32. The first-order valence-corrected chi connectivity index (χ1v) is 15.7. The van der Waals surface area contributed by atoms with Gasteiger partial charge in [-0.2, -0.15) is 0 Å². The van der Waals surface area contributed by atoms with Crippen molar-refractivity contribution in [2.24, 2.45) is 0 Å². The molecule has 45 heavy (non-hydrogen) atoms. The van der Waals surface area contributed by atoms with E-state index in [0.717, 1.165) is 0 Å². The van der Waals surface area contributed by atoms with Crippen LogP contribution in [-0.2, 0) is 5.41 Å². The first-order valence-electron chi connectivity index (χ1n) is 15.7. The van der Waals surface area contributed by atoms with Gasteiger partial charge in [-0.1, -0.05) is 147 Å². The van der Waals surface area contributed by atoms with E-state index in [1.165, 1.54) is 77.8 Å². The van der Waals surface area contributed by atoms with Crippen LogP contribution in [0.4, 0.5) is 11.4 Å². The molecule has 1 nitrogen and oxygen atoms in total. The lowest BCUT2D eigenvalue weighted by atomic mass is 9.81. The molecule has 1 aliphatic rings. The molecule has 1 aliphatic carbocycles. The highest BCUT2D eigenvalue weighted by atomic mass is 15.1. The zero-order valence-corrected chi connectivity index (χ0v) is 26.0. The molecule has 8 rings (SSSR count). The molecule has 0 saturated carbocycles. The van der Waals surface area contributed by atoms with Crippen LogP contribution in [-0.4, -0.2) is 7.05 Å². The molecule has 0 heterocycles. The molecule has 0 N–H and O–H groups in total. The summed E-state index contributed by atoms with van der Waals surface area (Å²) in [6.07, 6.45) is 0. The number of hydrogen-bond acceptors (Lipinski definition) is 1. The second-order valence-corrected chi connectivity index (χ2v) is 12.7. The molecule has 0 bridgehead atoms. The van der Waals surface area contributed by atoms with Crippen LogP contribution >= 0.6 is 0 Å². The van der Waals surface area contributed by atoms with E-state index >= 15 is 0 Å². The van der Waals surface area contributed by atoms with Crippen LogP contribution in [0.15, 0.2) is 158 Å². The van der Waals surface area contributed by atoms with Crippen molar-refractivity contribution in [3.05, 3.63) is 169 Å². The summed E-state index contributed by atoms with van der Waals surface area (Å²) in [6.45, 7) is 4.73. The van der Waals surface area contributed by atoms with E-state index in [1.54, 1.807) is 0 Å². The average molecular weight is 578 g/mol. The minimum Gasteiger partial charge on any atom is -0.344 e. The molecule has 0 aromatic heterocycles. The number of hydrogen-bond donors (Lipinski definition) is 0. The molecule has 0 unspecified atom stereocenters. The van der Waals surface area contributed by atoms with Crippen LogP contribution in [0, 0.1) is 0 Å². The Bertz CT molecular complexity index is 2170. The third-order valence-electron chi connectivity index (χ3n) is 9.72. The van der Waals surface area contributed by atoms with Gasteiger partial charge in [0.15, 0.2) is 0 Å². The molecule has 0 amide bonds. The number of anilines is 2. The number of fused-ring (bicyclic) bond motifs is 4. The Morgan fingerprint density at radius 1 is 0.422 bits per heavy atom. The van der Waals surface area contributed by atoms with Gasteiger partial charge in [-0.3, -0.25) is 0 Å². The average Bonchev–Trinajstić information content (AvgIpc) is 3.33. The minimum atomic E-state index is -0.100. The predicted molar refractivity (Wildman–Crippen MR) is 192 cm³/mol. The van der Waals surface area contributed by atoms with Crippen molar-refractivity contribution in [2.75, 3.05) is 11.9 Å². The van der Waals surface area contributed by atoms with Gasteiger partial charge in [-0.25, -0.2) is 0 Å². The number of benzene rings is 7. The summed E-state index contributed by atoms with van der Waals surface area (Å²) < 4.78 is 0. The van der Waals surface area contributed by atoms with Crippen LogP contribution in [0.1, 0.15) is 25.0 Å². The van der Waals surface area contributed by atoms with Gasteiger partial charge in [0.1, 0.15) is 0 Å². The van der Waals surface area contributed by atoms with Crippen LogP contribution in [0.2, 0.25) is 0 Å². The second kappa shape index (κ2) is 10.6. The van der Waals surface area contributed by atoms with Crippen molar-refractivity contribution in [1.29, 1.82) is 0 Å². The lowest BCUT2D eigenvalue weighted by Crippen LogP contribution is -2.16. The summed E-state index contributed by atoms with van der Waals surface area (Å²) in [5, 5.41) is 2.53. The molecule has 0 atom stereocenters. The van der Waals surface area contributed by atoms with Crippen molar-refractivity contribution in [1.82, 2.24) is 0 Å². The molecule has 7 aromatic carbocycles. The summed E-state index contributed by atoms with van der Waals surface area (Å²) in [7, 11) is 2.18. The van der Waals surface area contributed by atoms with E-state index in [9.17, 15) is 0 Å². The zero-order chi connectivity index (χ0) is 30.5. The highest BCUT2D eigenvalue weighted by molar-refractivity contribution is 5.96. The summed E-state index contributed by atoms with van der Waals surface area (Å²) >= 11 is 0. The lowest BCUT2D eigenvalue weighted by Gasteiger charge is -2.26. The summed E-state index contributed by atoms with van der Waals surface area (Å²) in [5.41, 5.74) is 15.2. The van der Waals surface area contributed by atoms with E-state index < -0.39 is 0 Å². The molecular weight excluding hydrogens is 542 g/mol. The van der Waals surface area contributed by atoms with Gasteiger partial charge < -0.3 is 4.90 Å². The Morgan fingerprint density at radius 3 is 1.58 bits per heavy atom. The maximum absolute atomic E-state index is 2.41. The first kappa shape index (κ1) is 27.2. The monoisotopic (exact) mass is 577 g/mol. The summed E-state index contributed by atoms with van der Waals surface area (Å²) in [6, 6.07) is 57.6. The standard InChI is InChI=1S/C44H35N/c1-44(2)41-28-36(34-22-20-33(21-23-34)32-18-16-31(17-19-32)30-10-5-4-6-11-30)24-26-39(41)40-27-25-37(29-42(40)44)45(3)43-15-9-13-35-12-7-8-14-38(35)43/h4-29H,1-3H3. The maximum atomic E-state index is 2.41. The van der Waals surface area contributed by atoms with Crippen LogP contribution in [0.5, 0.6) is 0 Å². The van der Waals surface area contributed by atoms with E-state index in [-0.39, 0.29) is 5.41 Å². The molecule has 1 heteroatoms. The van der Waals surface area contributed by atoms with E-state index in [4.69, 9.17) is 0 Å². The van der Waals surface area contributed by atoms with Crippen LogP contribution < -0.4 is 4.90 Å². The molecule has 0 fully saturated rings. The van der Waals surface area contributed by atoms with Gasteiger partial charge in [-0.15, -0.1) is 0 Å². The van der Waals surface area contributed by atoms with E-state index in [2.05, 4.69) is 184 Å². The lowest BCUT2D eigenvalue weighted by molar-refractivity contribution is 0.660. The molecule has 0 radical (unpaired) electrons. The molecule has 0 spiro atoms. The normalized spacial score (nSPS) is 13.0. The van der Waals surface area contributed by atoms with E-state index in [0.29, 0.717) is 0 Å². The molecular formula is C44H35N. The molecule has 7 aromatic rings. The Kier molecular flexibility index (Phi) is 6.43. The van der Waals surface area contributed by atoms with Gasteiger partial charge in [0, 0.05) is 29.2 Å². The minimum absolute atomic E-state index is 0.100. The molecule has 216 valence electrons. The Labute approximate surface area is 266 Å². The van der Waals surface area contributed by atoms with Gasteiger partial charge >= 0.3 is 0 Å². The van der Waals surface area contributed by atoms with Gasteiger partial charge in [0.25, 0.3) is 0 Å². The van der Waals surface area contributed by atoms with Gasteiger partial charge in [0.05, 0.1) is 0 Å². The quantitative estimate of drug-likeness (QED) is 0.197. The summed E-state index contributed by atoms with van der Waals surface area (Å²) in [5.74, 6) is 0. The van der Waals surface area contributed by atoms with Crippen molar-refractivity contribution in [3.8, 4) is 44.5 Å². The molecule has 0 aliphatic heterocycles. The van der Waals surface area contributed by atoms with E-state index in [1.807, 2.05) is 0 Å². The van der Waals surface area contributed by atoms with Crippen molar-refractivity contribution < 1.29 is 0 Å². The van der Waals surface area contributed by atoms with Gasteiger partial charge in [-0.05, 0) is 85.3 Å². The maximum Gasteiger partial charge on any atom is 0.0487 e. The van der Waals surface area contributed by atoms with Crippen molar-refractivity contribution >= 4 is 22.1 Å². The van der Waals surface area contributed by atoms with Crippen LogP contribution in [0.3, 0.4) is 0 Å². The van der Waals surface area contributed by atoms with Crippen LogP contribution in [0.25, 0.3) is 55.3 Å². The highest BCUT2D eigenvalue weighted by Crippen LogP contribution is 2.51. The first-order chi connectivity index (χ1) is 22.0. The number of rotatable bonds is 5. The predicted octanol–water partition coefficient (Wildman–Crippen LogP) is 11.9.